The van der Waals surface area contributed by atoms with Crippen molar-refractivity contribution >= 4 is 5.84 Å². The van der Waals surface area contributed by atoms with Crippen molar-refractivity contribution < 1.29 is 19.3 Å². The van der Waals surface area contributed by atoms with E-state index in [-0.39, 0.29) is 18.1 Å². The number of hydrogen-bond donors (Lipinski definition) is 2. The monoisotopic (exact) mass is 264 g/mol. The van der Waals surface area contributed by atoms with Crippen LogP contribution in [0.5, 0.6) is 11.5 Å². The molecule has 2 rings (SSSR count). The lowest BCUT2D eigenvalue weighted by molar-refractivity contribution is 0.260. The molecule has 3 N–H and O–H groups in total. The summed E-state index contributed by atoms with van der Waals surface area (Å²) in [5, 5.41) is 18.6. The molecule has 0 aliphatic heterocycles. The largest absolute Gasteiger partial charge is 0.493 e. The molecule has 8 heteroatoms. The molecule has 1 heterocycles. The van der Waals surface area contributed by atoms with Gasteiger partial charge in [-0.1, -0.05) is 22.4 Å². The Balaban J connectivity index is 2.13. The van der Waals surface area contributed by atoms with E-state index in [0.717, 1.165) is 0 Å². The molecule has 0 aliphatic carbocycles. The van der Waals surface area contributed by atoms with Crippen LogP contribution in [0.25, 0.3) is 0 Å². The highest BCUT2D eigenvalue weighted by atomic mass is 16.6. The first-order valence-electron chi connectivity index (χ1n) is 5.31. The minimum absolute atomic E-state index is 0.0510. The summed E-state index contributed by atoms with van der Waals surface area (Å²) in [6, 6.07) is 7.14. The number of aromatic nitrogens is 2. The van der Waals surface area contributed by atoms with E-state index in [1.165, 1.54) is 0 Å². The van der Waals surface area contributed by atoms with E-state index in [4.69, 9.17) is 20.4 Å². The molecular weight excluding hydrogens is 252 g/mol. The molecule has 2 aromatic rings. The molecule has 0 saturated heterocycles. The maximum absolute atomic E-state index is 8.59. The minimum atomic E-state index is -0.195. The fourth-order valence-corrected chi connectivity index (χ4v) is 1.43. The Bertz CT molecular complexity index is 582. The number of rotatable bonds is 5. The van der Waals surface area contributed by atoms with Gasteiger partial charge in [-0.25, -0.2) is 4.63 Å². The van der Waals surface area contributed by atoms with Gasteiger partial charge in [0.25, 0.3) is 0 Å². The lowest BCUT2D eigenvalue weighted by Gasteiger charge is -2.08. The van der Waals surface area contributed by atoms with Crippen LogP contribution in [0.4, 0.5) is 0 Å². The number of methoxy groups -OCH3 is 1. The lowest BCUT2D eigenvalue weighted by atomic mass is 10.3. The summed E-state index contributed by atoms with van der Waals surface area (Å²) in [7, 11) is 1.54. The van der Waals surface area contributed by atoms with Crippen molar-refractivity contribution in [2.75, 3.05) is 7.11 Å². The van der Waals surface area contributed by atoms with Crippen LogP contribution in [0.1, 0.15) is 11.4 Å². The van der Waals surface area contributed by atoms with Gasteiger partial charge in [-0.15, -0.1) is 0 Å². The van der Waals surface area contributed by atoms with Crippen LogP contribution in [0.2, 0.25) is 0 Å². The van der Waals surface area contributed by atoms with Gasteiger partial charge in [0.2, 0.25) is 0 Å². The zero-order chi connectivity index (χ0) is 13.7. The predicted molar refractivity (Wildman–Crippen MR) is 64.1 cm³/mol. The van der Waals surface area contributed by atoms with Crippen LogP contribution in [-0.4, -0.2) is 28.5 Å². The van der Waals surface area contributed by atoms with Crippen LogP contribution in [0, 0.1) is 0 Å². The number of oxime groups is 1. The summed E-state index contributed by atoms with van der Waals surface area (Å²) >= 11 is 0. The average molecular weight is 264 g/mol. The van der Waals surface area contributed by atoms with E-state index >= 15 is 0 Å². The lowest BCUT2D eigenvalue weighted by Crippen LogP contribution is -2.16. The Morgan fingerprint density at radius 1 is 1.37 bits per heavy atom. The van der Waals surface area contributed by atoms with Gasteiger partial charge >= 0.3 is 0 Å². The molecule has 19 heavy (non-hydrogen) atoms. The second-order valence-electron chi connectivity index (χ2n) is 3.48. The Morgan fingerprint density at radius 2 is 2.11 bits per heavy atom. The van der Waals surface area contributed by atoms with Crippen molar-refractivity contribution in [2.45, 2.75) is 6.61 Å². The highest BCUT2D eigenvalue weighted by molar-refractivity contribution is 5.95. The maximum atomic E-state index is 8.59. The van der Waals surface area contributed by atoms with Crippen molar-refractivity contribution in [2.24, 2.45) is 10.9 Å². The van der Waals surface area contributed by atoms with E-state index in [1.807, 2.05) is 12.1 Å². The first-order chi connectivity index (χ1) is 9.26. The maximum Gasteiger partial charge on any atom is 0.194 e. The van der Waals surface area contributed by atoms with E-state index in [9.17, 15) is 0 Å². The average Bonchev–Trinajstić information content (AvgIpc) is 2.93. The summed E-state index contributed by atoms with van der Waals surface area (Å²) in [6.45, 7) is 0.0510. The number of benzene rings is 1. The fraction of sp³-hybridized carbons (Fsp3) is 0.182. The van der Waals surface area contributed by atoms with E-state index in [0.29, 0.717) is 17.2 Å². The second kappa shape index (κ2) is 5.71. The number of para-hydroxylation sites is 2. The highest BCUT2D eigenvalue weighted by Gasteiger charge is 2.15. The number of ether oxygens (including phenoxy) is 2. The molecule has 0 saturated carbocycles. The second-order valence-corrected chi connectivity index (χ2v) is 3.48. The number of hydrogen-bond acceptors (Lipinski definition) is 7. The summed E-state index contributed by atoms with van der Waals surface area (Å²) < 4.78 is 15.2. The van der Waals surface area contributed by atoms with Crippen LogP contribution < -0.4 is 15.2 Å². The molecule has 1 aromatic heterocycles. The third-order valence-corrected chi connectivity index (χ3v) is 2.34. The Hall–Kier alpha value is -2.77. The fourth-order valence-electron chi connectivity index (χ4n) is 1.43. The Labute approximate surface area is 108 Å². The molecule has 8 nitrogen and oxygen atoms in total. The van der Waals surface area contributed by atoms with Gasteiger partial charge < -0.3 is 20.4 Å². The van der Waals surface area contributed by atoms with E-state index in [2.05, 4.69) is 20.1 Å². The molecule has 0 amide bonds. The number of nitrogens with two attached hydrogens (primary N) is 1. The van der Waals surface area contributed by atoms with E-state index in [1.54, 1.807) is 19.2 Å². The van der Waals surface area contributed by atoms with Crippen molar-refractivity contribution in [1.82, 2.24) is 10.3 Å². The molecule has 1 aromatic carbocycles. The highest BCUT2D eigenvalue weighted by Crippen LogP contribution is 2.26. The van der Waals surface area contributed by atoms with Gasteiger partial charge in [-0.2, -0.15) is 0 Å². The summed E-state index contributed by atoms with van der Waals surface area (Å²) in [5.41, 5.74) is 5.88. The number of amidine groups is 1. The molecule has 0 unspecified atom stereocenters. The van der Waals surface area contributed by atoms with Crippen molar-refractivity contribution in [3.05, 3.63) is 35.7 Å². The first kappa shape index (κ1) is 12.7. The quantitative estimate of drug-likeness (QED) is 0.354. The SMILES string of the molecule is COc1ccccc1OCc1nonc1/C(N)=N/O. The molecule has 0 atom stereocenters. The molecule has 0 bridgehead atoms. The van der Waals surface area contributed by atoms with Gasteiger partial charge in [0, 0.05) is 0 Å². The van der Waals surface area contributed by atoms with E-state index < -0.39 is 0 Å². The predicted octanol–water partition coefficient (Wildman–Crippen LogP) is 0.752. The standard InChI is InChI=1S/C11H12N4O4/c1-17-8-4-2-3-5-9(8)18-6-7-10(11(12)13-16)15-19-14-7/h2-5,16H,6H2,1H3,(H2,12,13). The molecule has 0 aliphatic rings. The van der Waals surface area contributed by atoms with Gasteiger partial charge in [0.05, 0.1) is 7.11 Å². The molecule has 0 fully saturated rings. The third kappa shape index (κ3) is 2.73. The van der Waals surface area contributed by atoms with Gasteiger partial charge in [-0.3, -0.25) is 0 Å². The molecule has 100 valence electrons. The zero-order valence-electron chi connectivity index (χ0n) is 10.1. The number of nitrogens with zero attached hydrogens (tertiary/aromatic N) is 3. The van der Waals surface area contributed by atoms with Gasteiger partial charge in [-0.05, 0) is 17.3 Å². The smallest absolute Gasteiger partial charge is 0.194 e. The molecule has 0 spiro atoms. The molecule has 0 radical (unpaired) electrons. The van der Waals surface area contributed by atoms with Crippen LogP contribution in [0.3, 0.4) is 0 Å². The van der Waals surface area contributed by atoms with Gasteiger partial charge in [0.1, 0.15) is 6.61 Å². The first-order valence-corrected chi connectivity index (χ1v) is 5.31. The Kier molecular flexibility index (Phi) is 3.81. The minimum Gasteiger partial charge on any atom is -0.493 e. The summed E-state index contributed by atoms with van der Waals surface area (Å²) in [5.74, 6) is 0.933. The Morgan fingerprint density at radius 3 is 2.79 bits per heavy atom. The van der Waals surface area contributed by atoms with Crippen LogP contribution in [0.15, 0.2) is 34.1 Å². The van der Waals surface area contributed by atoms with Crippen LogP contribution >= 0.6 is 0 Å². The topological polar surface area (TPSA) is 116 Å². The van der Waals surface area contributed by atoms with Crippen molar-refractivity contribution in [3.63, 3.8) is 0 Å². The third-order valence-electron chi connectivity index (χ3n) is 2.34. The van der Waals surface area contributed by atoms with Gasteiger partial charge in [0.15, 0.2) is 28.7 Å². The zero-order valence-corrected chi connectivity index (χ0v) is 10.1. The van der Waals surface area contributed by atoms with Crippen LogP contribution in [-0.2, 0) is 6.61 Å². The summed E-state index contributed by atoms with van der Waals surface area (Å²) in [6.07, 6.45) is 0. The molecular formula is C11H12N4O4. The van der Waals surface area contributed by atoms with Crippen molar-refractivity contribution in [3.8, 4) is 11.5 Å². The van der Waals surface area contributed by atoms with Crippen molar-refractivity contribution in [1.29, 1.82) is 0 Å². The normalized spacial score (nSPS) is 11.3. The summed E-state index contributed by atoms with van der Waals surface area (Å²) in [4.78, 5) is 0.